The summed E-state index contributed by atoms with van der Waals surface area (Å²) in [6.07, 6.45) is 5.46. The lowest BCUT2D eigenvalue weighted by Crippen LogP contribution is -2.46. The van der Waals surface area contributed by atoms with E-state index in [2.05, 4.69) is 51.9 Å². The summed E-state index contributed by atoms with van der Waals surface area (Å²) in [7, 11) is 0. The average molecular weight is 428 g/mol. The molecule has 0 spiro atoms. The molecule has 1 aliphatic carbocycles. The molecule has 7 nitrogen and oxygen atoms in total. The number of aliphatic imine (C=N–C) groups is 1. The van der Waals surface area contributed by atoms with Gasteiger partial charge in [-0.25, -0.2) is 15.0 Å². The number of guanidine groups is 1. The lowest BCUT2D eigenvalue weighted by molar-refractivity contribution is -0.108. The highest BCUT2D eigenvalue weighted by molar-refractivity contribution is 5.91. The van der Waals surface area contributed by atoms with Crippen molar-refractivity contribution in [2.75, 3.05) is 5.01 Å². The van der Waals surface area contributed by atoms with Crippen LogP contribution in [0.1, 0.15) is 24.0 Å². The number of pyridine rings is 1. The molecule has 0 radical (unpaired) electrons. The normalized spacial score (nSPS) is 17.5. The van der Waals surface area contributed by atoms with Crippen molar-refractivity contribution in [2.45, 2.75) is 38.5 Å². The first-order valence-electron chi connectivity index (χ1n) is 10.8. The highest BCUT2D eigenvalue weighted by atomic mass is 16.5. The summed E-state index contributed by atoms with van der Waals surface area (Å²) in [4.78, 5) is 20.2. The second-order valence-electron chi connectivity index (χ2n) is 8.09. The fourth-order valence-electron chi connectivity index (χ4n) is 3.80. The van der Waals surface area contributed by atoms with Crippen molar-refractivity contribution < 1.29 is 9.53 Å². The number of anilines is 1. The highest BCUT2D eigenvalue weighted by Crippen LogP contribution is 2.33. The van der Waals surface area contributed by atoms with Gasteiger partial charge in [0.15, 0.2) is 0 Å². The molecule has 1 aromatic heterocycles. The van der Waals surface area contributed by atoms with Crippen LogP contribution in [0.25, 0.3) is 11.1 Å². The van der Waals surface area contributed by atoms with Gasteiger partial charge >= 0.3 is 0 Å². The number of nitrogens with one attached hydrogen (secondary N) is 2. The van der Waals surface area contributed by atoms with Crippen LogP contribution in [0.15, 0.2) is 71.9 Å². The predicted octanol–water partition coefficient (Wildman–Crippen LogP) is 3.59. The van der Waals surface area contributed by atoms with Gasteiger partial charge in [-0.2, -0.15) is 0 Å². The Morgan fingerprint density at radius 2 is 2.00 bits per heavy atom. The molecule has 0 bridgehead atoms. The average Bonchev–Trinajstić information content (AvgIpc) is 3.55. The van der Waals surface area contributed by atoms with E-state index in [1.54, 1.807) is 6.20 Å². The molecule has 1 saturated carbocycles. The summed E-state index contributed by atoms with van der Waals surface area (Å²) >= 11 is 0. The molecule has 2 aromatic carbocycles. The molecule has 162 valence electrons. The smallest absolute Gasteiger partial charge is 0.219 e. The number of benzene rings is 2. The van der Waals surface area contributed by atoms with Crippen molar-refractivity contribution in [1.82, 2.24) is 15.7 Å². The van der Waals surface area contributed by atoms with Crippen LogP contribution < -0.4 is 20.5 Å². The Hall–Kier alpha value is -3.87. The minimum Gasteiger partial charge on any atom is -0.490 e. The maximum atomic E-state index is 11.0. The maximum absolute atomic E-state index is 11.0. The molecule has 0 saturated heterocycles. The molecule has 1 amide bonds. The van der Waals surface area contributed by atoms with Crippen molar-refractivity contribution in [3.05, 3.63) is 78.0 Å². The molecule has 5 rings (SSSR count). The van der Waals surface area contributed by atoms with Crippen molar-refractivity contribution in [2.24, 2.45) is 4.99 Å². The Morgan fingerprint density at radius 3 is 2.78 bits per heavy atom. The zero-order chi connectivity index (χ0) is 21.9. The van der Waals surface area contributed by atoms with Gasteiger partial charge in [0.05, 0.1) is 6.10 Å². The third kappa shape index (κ3) is 4.42. The SMILES string of the molecule is Cc1ccc(OC2CC2)cc1-c1ccnc(N2NC(NC=O)=NC2Cc2ccccc2)c1. The molecule has 32 heavy (non-hydrogen) atoms. The Morgan fingerprint density at radius 1 is 1.16 bits per heavy atom. The number of ether oxygens (including phenoxy) is 1. The van der Waals surface area contributed by atoms with Crippen LogP contribution in [-0.2, 0) is 11.2 Å². The van der Waals surface area contributed by atoms with E-state index in [4.69, 9.17) is 4.74 Å². The molecule has 7 heteroatoms. The Balaban J connectivity index is 1.44. The summed E-state index contributed by atoms with van der Waals surface area (Å²) < 4.78 is 6.00. The van der Waals surface area contributed by atoms with Gasteiger partial charge in [-0.1, -0.05) is 36.4 Å². The van der Waals surface area contributed by atoms with Crippen LogP contribution in [0.2, 0.25) is 0 Å². The summed E-state index contributed by atoms with van der Waals surface area (Å²) in [5.74, 6) is 2.03. The Labute approximate surface area is 187 Å². The first kappa shape index (κ1) is 20.1. The molecule has 2 heterocycles. The minimum absolute atomic E-state index is 0.242. The first-order chi connectivity index (χ1) is 15.7. The number of hydrogen-bond acceptors (Lipinski definition) is 6. The minimum atomic E-state index is -0.242. The number of carbonyl (C=O) groups excluding carboxylic acids is 1. The maximum Gasteiger partial charge on any atom is 0.219 e. The van der Waals surface area contributed by atoms with E-state index in [1.165, 1.54) is 5.56 Å². The zero-order valence-corrected chi connectivity index (χ0v) is 17.9. The second kappa shape index (κ2) is 8.70. The van der Waals surface area contributed by atoms with Gasteiger partial charge in [0.25, 0.3) is 0 Å². The lowest BCUT2D eigenvalue weighted by Gasteiger charge is -2.24. The van der Waals surface area contributed by atoms with Crippen LogP contribution in [0.5, 0.6) is 5.75 Å². The van der Waals surface area contributed by atoms with Gasteiger partial charge in [0.2, 0.25) is 12.4 Å². The number of carbonyl (C=O) groups is 1. The van der Waals surface area contributed by atoms with Crippen molar-refractivity contribution in [1.29, 1.82) is 0 Å². The van der Waals surface area contributed by atoms with E-state index in [0.717, 1.165) is 41.1 Å². The number of aromatic nitrogens is 1. The van der Waals surface area contributed by atoms with Crippen LogP contribution in [-0.4, -0.2) is 29.6 Å². The number of hydrogen-bond donors (Lipinski definition) is 2. The van der Waals surface area contributed by atoms with Crippen molar-refractivity contribution in [3.63, 3.8) is 0 Å². The number of aryl methyl sites for hydroxylation is 1. The fraction of sp³-hybridized carbons (Fsp3) is 0.240. The van der Waals surface area contributed by atoms with E-state index in [1.807, 2.05) is 41.4 Å². The number of nitrogens with zero attached hydrogens (tertiary/aromatic N) is 3. The van der Waals surface area contributed by atoms with Gasteiger partial charge < -0.3 is 4.74 Å². The van der Waals surface area contributed by atoms with E-state index in [9.17, 15) is 4.79 Å². The standard InChI is InChI=1S/C25H25N5O2/c1-17-7-8-21(32-20-9-10-20)15-22(17)19-11-12-26-23(14-19)30-24(28-25(29-30)27-16-31)13-18-5-3-2-4-6-18/h2-8,11-12,14-16,20,24H,9-10,13H2,1H3,(H2,27,28,29,31). The Bertz CT molecular complexity index is 1140. The Kier molecular flexibility index (Phi) is 5.46. The van der Waals surface area contributed by atoms with Gasteiger partial charge in [-0.05, 0) is 66.3 Å². The molecule has 1 fully saturated rings. The summed E-state index contributed by atoms with van der Waals surface area (Å²) in [5.41, 5.74) is 7.64. The van der Waals surface area contributed by atoms with E-state index < -0.39 is 0 Å². The quantitative estimate of drug-likeness (QED) is 0.564. The topological polar surface area (TPSA) is 78.9 Å². The molecule has 1 unspecified atom stereocenters. The molecular weight excluding hydrogens is 402 g/mol. The summed E-state index contributed by atoms with van der Waals surface area (Å²) in [6.45, 7) is 2.10. The van der Waals surface area contributed by atoms with E-state index in [0.29, 0.717) is 24.9 Å². The van der Waals surface area contributed by atoms with Crippen LogP contribution in [0, 0.1) is 6.92 Å². The van der Waals surface area contributed by atoms with Gasteiger partial charge in [-0.15, -0.1) is 0 Å². The van der Waals surface area contributed by atoms with Crippen LogP contribution in [0.4, 0.5) is 5.82 Å². The second-order valence-corrected chi connectivity index (χ2v) is 8.09. The largest absolute Gasteiger partial charge is 0.490 e. The summed E-state index contributed by atoms with van der Waals surface area (Å²) in [5, 5.41) is 4.51. The van der Waals surface area contributed by atoms with E-state index >= 15 is 0 Å². The van der Waals surface area contributed by atoms with Gasteiger partial charge in [-0.3, -0.25) is 15.5 Å². The third-order valence-electron chi connectivity index (χ3n) is 5.60. The fourth-order valence-corrected chi connectivity index (χ4v) is 3.80. The molecular formula is C25H25N5O2. The number of amides is 1. The lowest BCUT2D eigenvalue weighted by atomic mass is 10.0. The van der Waals surface area contributed by atoms with Crippen molar-refractivity contribution in [3.8, 4) is 16.9 Å². The first-order valence-corrected chi connectivity index (χ1v) is 10.8. The van der Waals surface area contributed by atoms with E-state index in [-0.39, 0.29) is 6.17 Å². The molecule has 2 aliphatic rings. The predicted molar refractivity (Wildman–Crippen MR) is 124 cm³/mol. The van der Waals surface area contributed by atoms with Gasteiger partial charge in [0.1, 0.15) is 17.7 Å². The molecule has 1 aliphatic heterocycles. The molecule has 2 N–H and O–H groups in total. The van der Waals surface area contributed by atoms with Gasteiger partial charge in [0, 0.05) is 12.6 Å². The van der Waals surface area contributed by atoms with Crippen LogP contribution >= 0.6 is 0 Å². The number of rotatable bonds is 7. The highest BCUT2D eigenvalue weighted by Gasteiger charge is 2.28. The molecule has 3 aromatic rings. The van der Waals surface area contributed by atoms with Crippen molar-refractivity contribution >= 4 is 18.2 Å². The monoisotopic (exact) mass is 427 g/mol. The summed E-state index contributed by atoms with van der Waals surface area (Å²) in [6, 6.07) is 20.4. The molecule has 1 atom stereocenters. The third-order valence-corrected chi connectivity index (χ3v) is 5.60. The zero-order valence-electron chi connectivity index (χ0n) is 17.9. The van der Waals surface area contributed by atoms with Crippen LogP contribution in [0.3, 0.4) is 0 Å². The number of hydrazine groups is 1.